The maximum Gasteiger partial charge on any atom is 0.320 e. The summed E-state index contributed by atoms with van der Waals surface area (Å²) < 4.78 is 0. The molecule has 1 fully saturated rings. The highest BCUT2D eigenvalue weighted by molar-refractivity contribution is 7.12. The molecule has 5 heteroatoms. The average molecular weight is 302 g/mol. The van der Waals surface area contributed by atoms with E-state index in [1.165, 1.54) is 9.75 Å². The van der Waals surface area contributed by atoms with Crippen molar-refractivity contribution < 1.29 is 9.90 Å². The molecule has 3 rings (SSSR count). The van der Waals surface area contributed by atoms with Crippen molar-refractivity contribution in [3.8, 4) is 0 Å². The van der Waals surface area contributed by atoms with Crippen LogP contribution in [0.3, 0.4) is 0 Å². The molecule has 1 saturated heterocycles. The maximum absolute atomic E-state index is 11.5. The van der Waals surface area contributed by atoms with Gasteiger partial charge in [-0.1, -0.05) is 0 Å². The molecule has 2 aromatic heterocycles. The van der Waals surface area contributed by atoms with Crippen LogP contribution in [0.4, 0.5) is 0 Å². The van der Waals surface area contributed by atoms with Crippen LogP contribution in [0.15, 0.2) is 36.7 Å². The van der Waals surface area contributed by atoms with E-state index in [-0.39, 0.29) is 6.04 Å². The number of thiophene rings is 1. The first-order valence-electron chi connectivity index (χ1n) is 7.11. The molecule has 2 aromatic rings. The summed E-state index contributed by atoms with van der Waals surface area (Å²) in [6.07, 6.45) is 5.20. The van der Waals surface area contributed by atoms with Gasteiger partial charge in [0.05, 0.1) is 6.04 Å². The molecule has 1 aliphatic heterocycles. The van der Waals surface area contributed by atoms with Crippen molar-refractivity contribution in [1.82, 2.24) is 9.88 Å². The van der Waals surface area contributed by atoms with Gasteiger partial charge in [-0.15, -0.1) is 11.3 Å². The Morgan fingerprint density at radius 1 is 1.38 bits per heavy atom. The topological polar surface area (TPSA) is 53.4 Å². The molecule has 2 unspecified atom stereocenters. The Balaban J connectivity index is 2.02. The second-order valence-corrected chi connectivity index (χ2v) is 6.69. The Kier molecular flexibility index (Phi) is 4.03. The normalized spacial score (nSPS) is 20.5. The summed E-state index contributed by atoms with van der Waals surface area (Å²) in [5.41, 5.74) is 1.11. The van der Waals surface area contributed by atoms with Crippen LogP contribution in [0.5, 0.6) is 0 Å². The zero-order valence-corrected chi connectivity index (χ0v) is 12.7. The van der Waals surface area contributed by atoms with Crippen molar-refractivity contribution in [2.45, 2.75) is 31.8 Å². The SMILES string of the molecule is Cc1ccc(C(c2ccncc2)N2CCCC2C(=O)O)s1. The third kappa shape index (κ3) is 2.84. The molecule has 0 saturated carbocycles. The van der Waals surface area contributed by atoms with Crippen LogP contribution in [0, 0.1) is 6.92 Å². The number of nitrogens with zero attached hydrogens (tertiary/aromatic N) is 2. The van der Waals surface area contributed by atoms with Gasteiger partial charge in [0.1, 0.15) is 6.04 Å². The Morgan fingerprint density at radius 2 is 2.14 bits per heavy atom. The second kappa shape index (κ2) is 5.95. The van der Waals surface area contributed by atoms with Crippen LogP contribution in [-0.2, 0) is 4.79 Å². The molecule has 0 aromatic carbocycles. The van der Waals surface area contributed by atoms with Gasteiger partial charge in [-0.2, -0.15) is 0 Å². The van der Waals surface area contributed by atoms with E-state index < -0.39 is 12.0 Å². The Labute approximate surface area is 128 Å². The van der Waals surface area contributed by atoms with E-state index >= 15 is 0 Å². The number of rotatable bonds is 4. The van der Waals surface area contributed by atoms with Gasteiger partial charge in [-0.25, -0.2) is 0 Å². The molecular formula is C16H18N2O2S. The summed E-state index contributed by atoms with van der Waals surface area (Å²) in [5, 5.41) is 9.48. The minimum absolute atomic E-state index is 0.00954. The Bertz CT molecular complexity index is 626. The van der Waals surface area contributed by atoms with Gasteiger partial charge in [0, 0.05) is 28.7 Å². The summed E-state index contributed by atoms with van der Waals surface area (Å²) in [6, 6.07) is 7.79. The minimum atomic E-state index is -0.722. The molecule has 0 aliphatic carbocycles. The number of hydrogen-bond donors (Lipinski definition) is 1. The third-order valence-electron chi connectivity index (χ3n) is 3.96. The van der Waals surface area contributed by atoms with Crippen molar-refractivity contribution in [3.05, 3.63) is 52.0 Å². The van der Waals surface area contributed by atoms with Crippen LogP contribution in [0.2, 0.25) is 0 Å². The van der Waals surface area contributed by atoms with Crippen molar-refractivity contribution in [1.29, 1.82) is 0 Å². The van der Waals surface area contributed by atoms with E-state index in [1.807, 2.05) is 12.1 Å². The number of pyridine rings is 1. The van der Waals surface area contributed by atoms with Gasteiger partial charge < -0.3 is 5.11 Å². The van der Waals surface area contributed by atoms with Crippen molar-refractivity contribution in [2.24, 2.45) is 0 Å². The molecule has 1 aliphatic rings. The van der Waals surface area contributed by atoms with E-state index in [0.717, 1.165) is 24.9 Å². The maximum atomic E-state index is 11.5. The van der Waals surface area contributed by atoms with Gasteiger partial charge in [-0.3, -0.25) is 14.7 Å². The van der Waals surface area contributed by atoms with Crippen LogP contribution in [0.25, 0.3) is 0 Å². The molecule has 0 bridgehead atoms. The number of aryl methyl sites for hydroxylation is 1. The number of aliphatic carboxylic acids is 1. The Hall–Kier alpha value is -1.72. The van der Waals surface area contributed by atoms with E-state index in [0.29, 0.717) is 0 Å². The largest absolute Gasteiger partial charge is 0.480 e. The van der Waals surface area contributed by atoms with Gasteiger partial charge in [-0.05, 0) is 49.6 Å². The number of carboxylic acid groups (broad SMARTS) is 1. The highest BCUT2D eigenvalue weighted by Gasteiger charge is 2.37. The molecule has 21 heavy (non-hydrogen) atoms. The monoisotopic (exact) mass is 302 g/mol. The second-order valence-electron chi connectivity index (χ2n) is 5.37. The van der Waals surface area contributed by atoms with Gasteiger partial charge in [0.25, 0.3) is 0 Å². The lowest BCUT2D eigenvalue weighted by Crippen LogP contribution is -2.39. The molecular weight excluding hydrogens is 284 g/mol. The van der Waals surface area contributed by atoms with Crippen molar-refractivity contribution in [3.63, 3.8) is 0 Å². The number of carbonyl (C=O) groups is 1. The molecule has 0 amide bonds. The predicted octanol–water partition coefficient (Wildman–Crippen LogP) is 3.09. The van der Waals surface area contributed by atoms with Gasteiger partial charge in [0.15, 0.2) is 0 Å². The zero-order chi connectivity index (χ0) is 14.8. The van der Waals surface area contributed by atoms with Crippen molar-refractivity contribution in [2.75, 3.05) is 6.54 Å². The van der Waals surface area contributed by atoms with Gasteiger partial charge in [0.2, 0.25) is 0 Å². The molecule has 2 atom stereocenters. The molecule has 0 radical (unpaired) electrons. The van der Waals surface area contributed by atoms with Crippen LogP contribution >= 0.6 is 11.3 Å². The standard InChI is InChI=1S/C16H18N2O2S/c1-11-4-5-14(21-11)15(12-6-8-17-9-7-12)18-10-2-3-13(18)16(19)20/h4-9,13,15H,2-3,10H2,1H3,(H,19,20). The highest BCUT2D eigenvalue weighted by atomic mass is 32.1. The lowest BCUT2D eigenvalue weighted by Gasteiger charge is -2.30. The average Bonchev–Trinajstić information content (AvgIpc) is 3.10. The summed E-state index contributed by atoms with van der Waals surface area (Å²) in [5.74, 6) is -0.722. The number of hydrogen-bond acceptors (Lipinski definition) is 4. The molecule has 4 nitrogen and oxygen atoms in total. The molecule has 110 valence electrons. The number of aromatic nitrogens is 1. The molecule has 0 spiro atoms. The van der Waals surface area contributed by atoms with Crippen LogP contribution < -0.4 is 0 Å². The summed E-state index contributed by atoms with van der Waals surface area (Å²) in [7, 11) is 0. The minimum Gasteiger partial charge on any atom is -0.480 e. The summed E-state index contributed by atoms with van der Waals surface area (Å²) in [4.78, 5) is 20.2. The lowest BCUT2D eigenvalue weighted by molar-refractivity contribution is -0.142. The highest BCUT2D eigenvalue weighted by Crippen LogP contribution is 2.37. The van der Waals surface area contributed by atoms with Crippen LogP contribution in [-0.4, -0.2) is 33.5 Å². The summed E-state index contributed by atoms with van der Waals surface area (Å²) in [6.45, 7) is 2.90. The first-order chi connectivity index (χ1) is 10.2. The van der Waals surface area contributed by atoms with E-state index in [1.54, 1.807) is 23.7 Å². The smallest absolute Gasteiger partial charge is 0.320 e. The number of carboxylic acids is 1. The molecule has 1 N–H and O–H groups in total. The fraction of sp³-hybridized carbons (Fsp3) is 0.375. The third-order valence-corrected chi connectivity index (χ3v) is 5.02. The first-order valence-corrected chi connectivity index (χ1v) is 7.93. The fourth-order valence-electron chi connectivity index (χ4n) is 3.03. The quantitative estimate of drug-likeness (QED) is 0.943. The Morgan fingerprint density at radius 3 is 2.76 bits per heavy atom. The number of likely N-dealkylation sites (tertiary alicyclic amines) is 1. The zero-order valence-electron chi connectivity index (χ0n) is 11.9. The molecule has 3 heterocycles. The van der Waals surface area contributed by atoms with E-state index in [9.17, 15) is 9.90 Å². The van der Waals surface area contributed by atoms with Crippen molar-refractivity contribution >= 4 is 17.3 Å². The lowest BCUT2D eigenvalue weighted by atomic mass is 10.0. The van der Waals surface area contributed by atoms with E-state index in [4.69, 9.17) is 0 Å². The first kappa shape index (κ1) is 14.2. The fourth-order valence-corrected chi connectivity index (χ4v) is 4.06. The van der Waals surface area contributed by atoms with Crippen LogP contribution in [0.1, 0.15) is 34.2 Å². The summed E-state index contributed by atoms with van der Waals surface area (Å²) >= 11 is 1.74. The predicted molar refractivity (Wildman–Crippen MR) is 82.5 cm³/mol. The van der Waals surface area contributed by atoms with E-state index in [2.05, 4.69) is 28.9 Å². The van der Waals surface area contributed by atoms with Gasteiger partial charge >= 0.3 is 5.97 Å².